The summed E-state index contributed by atoms with van der Waals surface area (Å²) in [6, 6.07) is 0.387. The molecule has 1 aromatic rings. The first-order valence-electron chi connectivity index (χ1n) is 5.66. The van der Waals surface area contributed by atoms with E-state index >= 15 is 0 Å². The van der Waals surface area contributed by atoms with Gasteiger partial charge < -0.3 is 10.0 Å². The summed E-state index contributed by atoms with van der Waals surface area (Å²) in [7, 11) is 0. The number of hydrogen-bond donors (Lipinski definition) is 1. The molecule has 2 heterocycles. The maximum atomic E-state index is 12.7. The molecule has 2 rings (SSSR count). The molecule has 1 aromatic heterocycles. The van der Waals surface area contributed by atoms with Crippen molar-refractivity contribution in [3.8, 4) is 0 Å². The maximum Gasteiger partial charge on any atom is 0.225 e. The van der Waals surface area contributed by atoms with Crippen LogP contribution in [0.5, 0.6) is 0 Å². The second kappa shape index (κ2) is 5.21. The van der Waals surface area contributed by atoms with Gasteiger partial charge in [-0.05, 0) is 25.7 Å². The van der Waals surface area contributed by atoms with E-state index in [1.807, 2.05) is 0 Å². The lowest BCUT2D eigenvalue weighted by molar-refractivity contribution is 0.279. The molecule has 1 saturated heterocycles. The van der Waals surface area contributed by atoms with Gasteiger partial charge in [-0.2, -0.15) is 0 Å². The Balaban J connectivity index is 2.04. The Bertz CT molecular complexity index is 331. The van der Waals surface area contributed by atoms with Gasteiger partial charge in [0.1, 0.15) is 0 Å². The third kappa shape index (κ3) is 2.47. The van der Waals surface area contributed by atoms with Crippen LogP contribution in [0.25, 0.3) is 0 Å². The summed E-state index contributed by atoms with van der Waals surface area (Å²) < 4.78 is 12.7. The van der Waals surface area contributed by atoms with Crippen LogP contribution in [-0.2, 0) is 0 Å². The van der Waals surface area contributed by atoms with Gasteiger partial charge in [0.2, 0.25) is 5.95 Å². The molecule has 1 N–H and O–H groups in total. The van der Waals surface area contributed by atoms with E-state index < -0.39 is 5.82 Å². The van der Waals surface area contributed by atoms with E-state index in [0.29, 0.717) is 12.0 Å². The van der Waals surface area contributed by atoms with E-state index in [9.17, 15) is 4.39 Å². The minimum atomic E-state index is -0.408. The van der Waals surface area contributed by atoms with Crippen LogP contribution in [0, 0.1) is 5.82 Å². The number of aliphatic hydroxyl groups is 1. The first-order chi connectivity index (χ1) is 7.81. The number of nitrogens with zero attached hydrogens (tertiary/aromatic N) is 3. The Morgan fingerprint density at radius 2 is 2.19 bits per heavy atom. The molecule has 0 aliphatic carbocycles. The van der Waals surface area contributed by atoms with Gasteiger partial charge in [0.25, 0.3) is 0 Å². The largest absolute Gasteiger partial charge is 0.396 e. The molecule has 0 aromatic carbocycles. The summed E-state index contributed by atoms with van der Waals surface area (Å²) in [6.45, 7) is 1.14. The van der Waals surface area contributed by atoms with Crippen LogP contribution in [0.3, 0.4) is 0 Å². The van der Waals surface area contributed by atoms with Crippen molar-refractivity contribution in [2.24, 2.45) is 0 Å². The molecular weight excluding hydrogens is 209 g/mol. The zero-order chi connectivity index (χ0) is 11.4. The monoisotopic (exact) mass is 225 g/mol. The van der Waals surface area contributed by atoms with Gasteiger partial charge in [-0.1, -0.05) is 0 Å². The van der Waals surface area contributed by atoms with Crippen molar-refractivity contribution in [2.75, 3.05) is 18.1 Å². The van der Waals surface area contributed by atoms with Gasteiger partial charge in [0.05, 0.1) is 12.4 Å². The summed E-state index contributed by atoms with van der Waals surface area (Å²) in [5, 5.41) is 8.82. The highest BCUT2D eigenvalue weighted by molar-refractivity contribution is 5.32. The minimum absolute atomic E-state index is 0.217. The highest BCUT2D eigenvalue weighted by Crippen LogP contribution is 2.24. The Labute approximate surface area is 94.1 Å². The zero-order valence-electron chi connectivity index (χ0n) is 9.14. The molecule has 16 heavy (non-hydrogen) atoms. The second-order valence-electron chi connectivity index (χ2n) is 4.06. The molecule has 0 radical (unpaired) electrons. The van der Waals surface area contributed by atoms with Crippen molar-refractivity contribution >= 4 is 5.95 Å². The molecular formula is C11H16FN3O. The van der Waals surface area contributed by atoms with Crippen molar-refractivity contribution in [2.45, 2.75) is 31.7 Å². The quantitative estimate of drug-likeness (QED) is 0.840. The second-order valence-corrected chi connectivity index (χ2v) is 4.06. The fraction of sp³-hybridized carbons (Fsp3) is 0.636. The predicted octanol–water partition coefficient (Wildman–Crippen LogP) is 1.36. The van der Waals surface area contributed by atoms with Crippen molar-refractivity contribution in [1.82, 2.24) is 9.97 Å². The molecule has 4 nitrogen and oxygen atoms in total. The summed E-state index contributed by atoms with van der Waals surface area (Å²) >= 11 is 0. The highest BCUT2D eigenvalue weighted by Gasteiger charge is 2.25. The van der Waals surface area contributed by atoms with Gasteiger partial charge in [-0.25, -0.2) is 14.4 Å². The molecule has 1 unspecified atom stereocenters. The van der Waals surface area contributed by atoms with E-state index in [0.717, 1.165) is 32.2 Å². The first-order valence-corrected chi connectivity index (χ1v) is 5.66. The van der Waals surface area contributed by atoms with E-state index in [2.05, 4.69) is 14.9 Å². The average Bonchev–Trinajstić information content (AvgIpc) is 2.75. The summed E-state index contributed by atoms with van der Waals surface area (Å²) in [5.74, 6) is 0.191. The van der Waals surface area contributed by atoms with Crippen LogP contribution in [0.4, 0.5) is 10.3 Å². The van der Waals surface area contributed by atoms with Crippen molar-refractivity contribution < 1.29 is 9.50 Å². The van der Waals surface area contributed by atoms with Crippen molar-refractivity contribution in [3.63, 3.8) is 0 Å². The molecule has 1 aliphatic rings. The Hall–Kier alpha value is -1.23. The molecule has 5 heteroatoms. The number of aromatic nitrogens is 2. The topological polar surface area (TPSA) is 49.2 Å². The minimum Gasteiger partial charge on any atom is -0.396 e. The Morgan fingerprint density at radius 3 is 2.88 bits per heavy atom. The van der Waals surface area contributed by atoms with Gasteiger partial charge in [0, 0.05) is 19.2 Å². The first kappa shape index (κ1) is 11.3. The van der Waals surface area contributed by atoms with Crippen LogP contribution >= 0.6 is 0 Å². The van der Waals surface area contributed by atoms with Crippen LogP contribution < -0.4 is 4.90 Å². The van der Waals surface area contributed by atoms with Crippen LogP contribution in [0.1, 0.15) is 25.7 Å². The molecule has 1 atom stereocenters. The van der Waals surface area contributed by atoms with Crippen molar-refractivity contribution in [3.05, 3.63) is 18.2 Å². The zero-order valence-corrected chi connectivity index (χ0v) is 9.14. The number of aliphatic hydroxyl groups excluding tert-OH is 1. The van der Waals surface area contributed by atoms with Crippen molar-refractivity contribution in [1.29, 1.82) is 0 Å². The fourth-order valence-corrected chi connectivity index (χ4v) is 2.18. The smallest absolute Gasteiger partial charge is 0.225 e. The SMILES string of the molecule is OCCCC1CCCN1c1ncc(F)cn1. The molecule has 0 saturated carbocycles. The third-order valence-electron chi connectivity index (χ3n) is 2.94. The lowest BCUT2D eigenvalue weighted by Gasteiger charge is -2.24. The summed E-state index contributed by atoms with van der Waals surface area (Å²) in [6.07, 6.45) is 6.34. The third-order valence-corrected chi connectivity index (χ3v) is 2.94. The molecule has 1 aliphatic heterocycles. The Kier molecular flexibility index (Phi) is 3.66. The molecule has 88 valence electrons. The fourth-order valence-electron chi connectivity index (χ4n) is 2.18. The summed E-state index contributed by atoms with van der Waals surface area (Å²) in [5.41, 5.74) is 0. The standard InChI is InChI=1S/C11H16FN3O/c12-9-7-13-11(14-8-9)15-5-1-3-10(15)4-2-6-16/h7-8,10,16H,1-6H2. The van der Waals surface area contributed by atoms with Gasteiger partial charge in [0.15, 0.2) is 5.82 Å². The number of hydrogen-bond acceptors (Lipinski definition) is 4. The molecule has 1 fully saturated rings. The number of anilines is 1. The highest BCUT2D eigenvalue weighted by atomic mass is 19.1. The molecule has 0 spiro atoms. The summed E-state index contributed by atoms with van der Waals surface area (Å²) in [4.78, 5) is 10.1. The lowest BCUT2D eigenvalue weighted by Crippen LogP contribution is -2.30. The van der Waals surface area contributed by atoms with E-state index in [4.69, 9.17) is 5.11 Å². The van der Waals surface area contributed by atoms with Crippen LogP contribution in [-0.4, -0.2) is 34.3 Å². The number of halogens is 1. The van der Waals surface area contributed by atoms with Gasteiger partial charge in [-0.15, -0.1) is 0 Å². The van der Waals surface area contributed by atoms with E-state index in [-0.39, 0.29) is 6.61 Å². The van der Waals surface area contributed by atoms with Gasteiger partial charge >= 0.3 is 0 Å². The Morgan fingerprint density at radius 1 is 1.44 bits per heavy atom. The molecule has 0 bridgehead atoms. The maximum absolute atomic E-state index is 12.7. The van der Waals surface area contributed by atoms with Crippen LogP contribution in [0.2, 0.25) is 0 Å². The molecule has 0 amide bonds. The predicted molar refractivity (Wildman–Crippen MR) is 58.7 cm³/mol. The van der Waals surface area contributed by atoms with E-state index in [1.54, 1.807) is 0 Å². The normalized spacial score (nSPS) is 20.4. The average molecular weight is 225 g/mol. The van der Waals surface area contributed by atoms with E-state index in [1.165, 1.54) is 12.4 Å². The van der Waals surface area contributed by atoms with Gasteiger partial charge in [-0.3, -0.25) is 0 Å². The number of rotatable bonds is 4. The van der Waals surface area contributed by atoms with Crippen LogP contribution in [0.15, 0.2) is 12.4 Å². The lowest BCUT2D eigenvalue weighted by atomic mass is 10.1.